The highest BCUT2D eigenvalue weighted by Gasteiger charge is 2.20. The van der Waals surface area contributed by atoms with Gasteiger partial charge < -0.3 is 20.1 Å². The maximum absolute atomic E-state index is 11.9. The summed E-state index contributed by atoms with van der Waals surface area (Å²) in [7, 11) is 1.63. The van der Waals surface area contributed by atoms with E-state index < -0.39 is 0 Å². The second-order valence-electron chi connectivity index (χ2n) is 4.86. The van der Waals surface area contributed by atoms with E-state index in [0.29, 0.717) is 13.2 Å². The van der Waals surface area contributed by atoms with Crippen molar-refractivity contribution in [2.75, 3.05) is 33.4 Å². The Morgan fingerprint density at radius 2 is 2.10 bits per heavy atom. The topological polar surface area (TPSA) is 59.6 Å². The normalized spacial score (nSPS) is 18.4. The molecule has 1 aliphatic heterocycles. The lowest BCUT2D eigenvalue weighted by Gasteiger charge is -2.21. The first-order valence-corrected chi connectivity index (χ1v) is 7.05. The summed E-state index contributed by atoms with van der Waals surface area (Å²) < 4.78 is 10.6. The van der Waals surface area contributed by atoms with E-state index in [-0.39, 0.29) is 11.8 Å². The zero-order valence-corrected chi connectivity index (χ0v) is 11.9. The Morgan fingerprint density at radius 3 is 2.75 bits per heavy atom. The molecule has 5 nitrogen and oxygen atoms in total. The highest BCUT2D eigenvalue weighted by Crippen LogP contribution is 2.16. The molecule has 1 heterocycles. The lowest BCUT2D eigenvalue weighted by molar-refractivity contribution is -0.125. The van der Waals surface area contributed by atoms with Gasteiger partial charge in [0, 0.05) is 6.54 Å². The molecule has 1 fully saturated rings. The van der Waals surface area contributed by atoms with E-state index in [1.54, 1.807) is 7.11 Å². The van der Waals surface area contributed by atoms with Gasteiger partial charge in [-0.25, -0.2) is 0 Å². The zero-order chi connectivity index (χ0) is 14.2. The summed E-state index contributed by atoms with van der Waals surface area (Å²) >= 11 is 0. The average Bonchev–Trinajstić information content (AvgIpc) is 2.53. The van der Waals surface area contributed by atoms with Crippen LogP contribution in [0.25, 0.3) is 0 Å². The number of nitrogens with one attached hydrogen (secondary N) is 2. The smallest absolute Gasteiger partial charge is 0.224 e. The molecule has 1 aromatic rings. The molecular formula is C15H22N2O3. The Morgan fingerprint density at radius 1 is 1.35 bits per heavy atom. The first-order valence-electron chi connectivity index (χ1n) is 7.05. The van der Waals surface area contributed by atoms with Gasteiger partial charge in [-0.1, -0.05) is 0 Å². The van der Waals surface area contributed by atoms with Gasteiger partial charge >= 0.3 is 0 Å². The summed E-state index contributed by atoms with van der Waals surface area (Å²) in [5.41, 5.74) is 0. The van der Waals surface area contributed by atoms with E-state index in [2.05, 4.69) is 10.6 Å². The van der Waals surface area contributed by atoms with E-state index in [0.717, 1.165) is 37.4 Å². The molecule has 20 heavy (non-hydrogen) atoms. The maximum Gasteiger partial charge on any atom is 0.224 e. The second kappa shape index (κ2) is 7.75. The van der Waals surface area contributed by atoms with Crippen molar-refractivity contribution in [3.05, 3.63) is 24.3 Å². The Kier molecular flexibility index (Phi) is 5.68. The van der Waals surface area contributed by atoms with E-state index >= 15 is 0 Å². The Balaban J connectivity index is 1.64. The molecule has 0 aromatic heterocycles. The molecule has 1 saturated heterocycles. The molecule has 2 N–H and O–H groups in total. The average molecular weight is 278 g/mol. The minimum absolute atomic E-state index is 0.102. The fraction of sp³-hybridized carbons (Fsp3) is 0.533. The van der Waals surface area contributed by atoms with Crippen molar-refractivity contribution < 1.29 is 14.3 Å². The molecule has 1 aliphatic rings. The van der Waals surface area contributed by atoms with E-state index in [1.807, 2.05) is 24.3 Å². The van der Waals surface area contributed by atoms with Crippen molar-refractivity contribution in [2.24, 2.45) is 5.92 Å². The van der Waals surface area contributed by atoms with Gasteiger partial charge in [0.15, 0.2) is 0 Å². The van der Waals surface area contributed by atoms with Crippen molar-refractivity contribution in [3.63, 3.8) is 0 Å². The van der Waals surface area contributed by atoms with Crippen LogP contribution in [0.1, 0.15) is 12.8 Å². The van der Waals surface area contributed by atoms with Gasteiger partial charge in [0.25, 0.3) is 0 Å². The second-order valence-corrected chi connectivity index (χ2v) is 4.86. The van der Waals surface area contributed by atoms with Gasteiger partial charge in [-0.3, -0.25) is 4.79 Å². The van der Waals surface area contributed by atoms with Gasteiger partial charge in [0.2, 0.25) is 5.91 Å². The molecule has 0 saturated carbocycles. The first-order chi connectivity index (χ1) is 9.79. The Labute approximate surface area is 119 Å². The van der Waals surface area contributed by atoms with Crippen molar-refractivity contribution >= 4 is 5.91 Å². The number of ether oxygens (including phenoxy) is 2. The van der Waals surface area contributed by atoms with Crippen molar-refractivity contribution in [3.8, 4) is 11.5 Å². The molecule has 1 unspecified atom stereocenters. The molecule has 5 heteroatoms. The molecule has 2 rings (SSSR count). The molecule has 1 amide bonds. The zero-order valence-electron chi connectivity index (χ0n) is 11.9. The molecule has 0 spiro atoms. The highest BCUT2D eigenvalue weighted by atomic mass is 16.5. The fourth-order valence-electron chi connectivity index (χ4n) is 2.24. The number of carbonyl (C=O) groups excluding carboxylic acids is 1. The summed E-state index contributed by atoms with van der Waals surface area (Å²) in [6.07, 6.45) is 2.04. The van der Waals surface area contributed by atoms with Crippen LogP contribution in [0.3, 0.4) is 0 Å². The van der Waals surface area contributed by atoms with Crippen LogP contribution >= 0.6 is 0 Å². The summed E-state index contributed by atoms with van der Waals surface area (Å²) in [6, 6.07) is 7.40. The minimum atomic E-state index is 0.102. The predicted molar refractivity (Wildman–Crippen MR) is 77.1 cm³/mol. The van der Waals surface area contributed by atoms with Crippen LogP contribution < -0.4 is 20.1 Å². The summed E-state index contributed by atoms with van der Waals surface area (Å²) in [4.78, 5) is 11.9. The fourth-order valence-corrected chi connectivity index (χ4v) is 2.24. The summed E-state index contributed by atoms with van der Waals surface area (Å²) in [5.74, 6) is 1.80. The number of rotatable bonds is 6. The first kappa shape index (κ1) is 14.7. The number of hydrogen-bond donors (Lipinski definition) is 2. The molecule has 1 aromatic carbocycles. The SMILES string of the molecule is COc1ccc(OCCNC(=O)C2CCCNC2)cc1. The van der Waals surface area contributed by atoms with Gasteiger partial charge in [-0.05, 0) is 43.7 Å². The maximum atomic E-state index is 11.9. The molecule has 110 valence electrons. The third-order valence-electron chi connectivity index (χ3n) is 3.40. The largest absolute Gasteiger partial charge is 0.497 e. The van der Waals surface area contributed by atoms with Gasteiger partial charge in [0.05, 0.1) is 19.6 Å². The quantitative estimate of drug-likeness (QED) is 0.767. The molecule has 1 atom stereocenters. The number of benzene rings is 1. The third kappa shape index (κ3) is 4.42. The minimum Gasteiger partial charge on any atom is -0.497 e. The van der Waals surface area contributed by atoms with Crippen LogP contribution in [0.5, 0.6) is 11.5 Å². The predicted octanol–water partition coefficient (Wildman–Crippen LogP) is 1.19. The number of amides is 1. The van der Waals surface area contributed by atoms with E-state index in [1.165, 1.54) is 0 Å². The van der Waals surface area contributed by atoms with Crippen molar-refractivity contribution in [1.82, 2.24) is 10.6 Å². The Bertz CT molecular complexity index is 414. The van der Waals surface area contributed by atoms with Crippen LogP contribution in [-0.4, -0.2) is 39.3 Å². The molecular weight excluding hydrogens is 256 g/mol. The van der Waals surface area contributed by atoms with Crippen LogP contribution in [-0.2, 0) is 4.79 Å². The van der Waals surface area contributed by atoms with Crippen molar-refractivity contribution in [2.45, 2.75) is 12.8 Å². The third-order valence-corrected chi connectivity index (χ3v) is 3.40. The molecule has 0 aliphatic carbocycles. The van der Waals surface area contributed by atoms with Gasteiger partial charge in [0.1, 0.15) is 18.1 Å². The number of carbonyl (C=O) groups is 1. The van der Waals surface area contributed by atoms with Crippen LogP contribution in [0, 0.1) is 5.92 Å². The number of hydrogen-bond acceptors (Lipinski definition) is 4. The monoisotopic (exact) mass is 278 g/mol. The van der Waals surface area contributed by atoms with Gasteiger partial charge in [-0.15, -0.1) is 0 Å². The van der Waals surface area contributed by atoms with Crippen LogP contribution in [0.2, 0.25) is 0 Å². The standard InChI is InChI=1S/C15H22N2O3/c1-19-13-4-6-14(7-5-13)20-10-9-17-15(18)12-3-2-8-16-11-12/h4-7,12,16H,2-3,8-11H2,1H3,(H,17,18). The summed E-state index contributed by atoms with van der Waals surface area (Å²) in [5, 5.41) is 6.16. The summed E-state index contributed by atoms with van der Waals surface area (Å²) in [6.45, 7) is 2.80. The Hall–Kier alpha value is -1.75. The van der Waals surface area contributed by atoms with Crippen LogP contribution in [0.4, 0.5) is 0 Å². The number of piperidine rings is 1. The lowest BCUT2D eigenvalue weighted by Crippen LogP contribution is -2.41. The lowest BCUT2D eigenvalue weighted by atomic mass is 9.99. The molecule has 0 bridgehead atoms. The van der Waals surface area contributed by atoms with Crippen LogP contribution in [0.15, 0.2) is 24.3 Å². The molecule has 0 radical (unpaired) electrons. The van der Waals surface area contributed by atoms with Gasteiger partial charge in [-0.2, -0.15) is 0 Å². The number of methoxy groups -OCH3 is 1. The van der Waals surface area contributed by atoms with E-state index in [4.69, 9.17) is 9.47 Å². The van der Waals surface area contributed by atoms with E-state index in [9.17, 15) is 4.79 Å². The highest BCUT2D eigenvalue weighted by molar-refractivity contribution is 5.78. The van der Waals surface area contributed by atoms with Crippen molar-refractivity contribution in [1.29, 1.82) is 0 Å².